The third-order valence-electron chi connectivity index (χ3n) is 4.46. The minimum atomic E-state index is -0.490. The van der Waals surface area contributed by atoms with E-state index in [1.165, 1.54) is 12.1 Å². The number of benzene rings is 2. The molecule has 2 N–H and O–H groups in total. The van der Waals surface area contributed by atoms with Crippen LogP contribution >= 0.6 is 0 Å². The van der Waals surface area contributed by atoms with E-state index < -0.39 is 4.92 Å². The smallest absolute Gasteiger partial charge is 0.270 e. The Balaban J connectivity index is 1.78. The molecule has 134 valence electrons. The SMILES string of the molecule is O=C(NC=Cc1ccccc1)c1cc([N+](=O)[O-])ccc1NC1CCCC1. The highest BCUT2D eigenvalue weighted by atomic mass is 16.6. The van der Waals surface area contributed by atoms with Crippen LogP contribution in [0.1, 0.15) is 41.6 Å². The lowest BCUT2D eigenvalue weighted by atomic mass is 10.1. The van der Waals surface area contributed by atoms with Crippen LogP contribution in [0, 0.1) is 10.1 Å². The first-order valence-corrected chi connectivity index (χ1v) is 8.71. The molecule has 26 heavy (non-hydrogen) atoms. The Bertz CT molecular complexity index is 812. The van der Waals surface area contributed by atoms with Gasteiger partial charge in [-0.15, -0.1) is 0 Å². The molecular formula is C20H21N3O3. The van der Waals surface area contributed by atoms with Gasteiger partial charge >= 0.3 is 0 Å². The summed E-state index contributed by atoms with van der Waals surface area (Å²) in [5, 5.41) is 17.1. The number of nitro groups is 1. The Morgan fingerprint density at radius 1 is 1.12 bits per heavy atom. The average Bonchev–Trinajstić information content (AvgIpc) is 3.15. The van der Waals surface area contributed by atoms with E-state index in [1.54, 1.807) is 18.3 Å². The summed E-state index contributed by atoms with van der Waals surface area (Å²) in [6.45, 7) is 0. The molecule has 0 aliphatic heterocycles. The Labute approximate surface area is 152 Å². The van der Waals surface area contributed by atoms with Gasteiger partial charge < -0.3 is 10.6 Å². The van der Waals surface area contributed by atoms with Crippen molar-refractivity contribution < 1.29 is 9.72 Å². The lowest BCUT2D eigenvalue weighted by Crippen LogP contribution is -2.22. The van der Waals surface area contributed by atoms with E-state index in [0.29, 0.717) is 11.7 Å². The zero-order chi connectivity index (χ0) is 18.4. The fourth-order valence-electron chi connectivity index (χ4n) is 3.11. The van der Waals surface area contributed by atoms with Crippen LogP contribution in [0.25, 0.3) is 6.08 Å². The first kappa shape index (κ1) is 17.7. The first-order chi connectivity index (χ1) is 12.6. The first-order valence-electron chi connectivity index (χ1n) is 8.71. The van der Waals surface area contributed by atoms with Crippen molar-refractivity contribution in [2.24, 2.45) is 0 Å². The number of hydrogen-bond acceptors (Lipinski definition) is 4. The van der Waals surface area contributed by atoms with Crippen LogP contribution in [-0.2, 0) is 0 Å². The normalized spacial score (nSPS) is 14.5. The third-order valence-corrected chi connectivity index (χ3v) is 4.46. The van der Waals surface area contributed by atoms with E-state index >= 15 is 0 Å². The number of nitro benzene ring substituents is 1. The number of non-ortho nitro benzene ring substituents is 1. The summed E-state index contributed by atoms with van der Waals surface area (Å²) in [4.78, 5) is 23.2. The van der Waals surface area contributed by atoms with Gasteiger partial charge in [0, 0.05) is 30.1 Å². The highest BCUT2D eigenvalue weighted by Gasteiger charge is 2.20. The van der Waals surface area contributed by atoms with Crippen molar-refractivity contribution in [2.45, 2.75) is 31.7 Å². The maximum atomic E-state index is 12.6. The van der Waals surface area contributed by atoms with Gasteiger partial charge in [0.05, 0.1) is 10.5 Å². The van der Waals surface area contributed by atoms with Crippen LogP contribution in [0.15, 0.2) is 54.7 Å². The summed E-state index contributed by atoms with van der Waals surface area (Å²) in [6, 6.07) is 14.2. The van der Waals surface area contributed by atoms with Crippen LogP contribution in [0.2, 0.25) is 0 Å². The van der Waals surface area contributed by atoms with E-state index in [4.69, 9.17) is 0 Å². The van der Waals surface area contributed by atoms with Gasteiger partial charge in [-0.1, -0.05) is 43.2 Å². The Hall–Kier alpha value is -3.15. The molecule has 1 saturated carbocycles. The molecule has 6 heteroatoms. The van der Waals surface area contributed by atoms with Gasteiger partial charge in [-0.3, -0.25) is 14.9 Å². The van der Waals surface area contributed by atoms with Crippen molar-refractivity contribution in [1.29, 1.82) is 0 Å². The maximum Gasteiger partial charge on any atom is 0.270 e. The number of nitrogens with zero attached hydrogens (tertiary/aromatic N) is 1. The van der Waals surface area contributed by atoms with Gasteiger partial charge in [-0.25, -0.2) is 0 Å². The Morgan fingerprint density at radius 2 is 1.85 bits per heavy atom. The van der Waals surface area contributed by atoms with Gasteiger partial charge in [-0.2, -0.15) is 0 Å². The third kappa shape index (κ3) is 4.47. The van der Waals surface area contributed by atoms with Crippen molar-refractivity contribution in [3.8, 4) is 0 Å². The van der Waals surface area contributed by atoms with Crippen LogP contribution in [0.4, 0.5) is 11.4 Å². The number of amides is 1. The van der Waals surface area contributed by atoms with Crippen molar-refractivity contribution in [3.05, 3.63) is 76.0 Å². The molecule has 2 aromatic carbocycles. The molecule has 0 unspecified atom stereocenters. The molecule has 1 aliphatic carbocycles. The van der Waals surface area contributed by atoms with Gasteiger partial charge in [0.2, 0.25) is 0 Å². The van der Waals surface area contributed by atoms with Gasteiger partial charge in [-0.05, 0) is 30.5 Å². The van der Waals surface area contributed by atoms with Crippen molar-refractivity contribution >= 4 is 23.4 Å². The maximum absolute atomic E-state index is 12.6. The molecule has 2 aromatic rings. The molecule has 0 aromatic heterocycles. The number of hydrogen-bond donors (Lipinski definition) is 2. The molecule has 1 aliphatic rings. The number of carbonyl (C=O) groups excluding carboxylic acids is 1. The zero-order valence-corrected chi connectivity index (χ0v) is 14.4. The predicted molar refractivity (Wildman–Crippen MR) is 102 cm³/mol. The molecule has 0 radical (unpaired) electrons. The minimum absolute atomic E-state index is 0.0980. The zero-order valence-electron chi connectivity index (χ0n) is 14.4. The quantitative estimate of drug-likeness (QED) is 0.598. The number of nitrogens with one attached hydrogen (secondary N) is 2. The van der Waals surface area contributed by atoms with Gasteiger partial charge in [0.1, 0.15) is 0 Å². The fourth-order valence-corrected chi connectivity index (χ4v) is 3.11. The lowest BCUT2D eigenvalue weighted by Gasteiger charge is -2.16. The van der Waals surface area contributed by atoms with E-state index in [1.807, 2.05) is 30.3 Å². The number of rotatable bonds is 6. The Morgan fingerprint density at radius 3 is 2.54 bits per heavy atom. The van der Waals surface area contributed by atoms with Crippen molar-refractivity contribution in [1.82, 2.24) is 5.32 Å². The fraction of sp³-hybridized carbons (Fsp3) is 0.250. The summed E-state index contributed by atoms with van der Waals surface area (Å²) < 4.78 is 0. The Kier molecular flexibility index (Phi) is 5.63. The summed E-state index contributed by atoms with van der Waals surface area (Å²) >= 11 is 0. The molecule has 3 rings (SSSR count). The molecule has 1 fully saturated rings. The average molecular weight is 351 g/mol. The molecule has 1 amide bonds. The van der Waals surface area contributed by atoms with Crippen molar-refractivity contribution in [3.63, 3.8) is 0 Å². The molecule has 0 saturated heterocycles. The molecular weight excluding hydrogens is 330 g/mol. The van der Waals surface area contributed by atoms with Gasteiger partial charge in [0.15, 0.2) is 0 Å². The molecule has 0 heterocycles. The van der Waals surface area contributed by atoms with E-state index in [0.717, 1.165) is 31.2 Å². The summed E-state index contributed by atoms with van der Waals surface area (Å²) in [5.74, 6) is -0.374. The summed E-state index contributed by atoms with van der Waals surface area (Å²) in [5.41, 5.74) is 1.77. The van der Waals surface area contributed by atoms with Crippen LogP contribution in [0.5, 0.6) is 0 Å². The van der Waals surface area contributed by atoms with Crippen molar-refractivity contribution in [2.75, 3.05) is 5.32 Å². The summed E-state index contributed by atoms with van der Waals surface area (Å²) in [7, 11) is 0. The number of anilines is 1. The van der Waals surface area contributed by atoms with E-state index in [2.05, 4.69) is 10.6 Å². The summed E-state index contributed by atoms with van der Waals surface area (Å²) in [6.07, 6.45) is 7.74. The topological polar surface area (TPSA) is 84.3 Å². The molecule has 6 nitrogen and oxygen atoms in total. The van der Waals surface area contributed by atoms with E-state index in [-0.39, 0.29) is 17.2 Å². The standard InChI is InChI=1S/C20H21N3O3/c24-20(21-13-12-15-6-2-1-3-7-15)18-14-17(23(25)26)10-11-19(18)22-16-8-4-5-9-16/h1-3,6-7,10-14,16,22H,4-5,8-9H2,(H,21,24). The largest absolute Gasteiger partial charge is 0.382 e. The van der Waals surface area contributed by atoms with Crippen LogP contribution < -0.4 is 10.6 Å². The monoisotopic (exact) mass is 351 g/mol. The second kappa shape index (κ2) is 8.29. The van der Waals surface area contributed by atoms with Crippen LogP contribution in [0.3, 0.4) is 0 Å². The predicted octanol–water partition coefficient (Wildman–Crippen LogP) is 4.35. The van der Waals surface area contributed by atoms with Crippen LogP contribution in [-0.4, -0.2) is 16.9 Å². The second-order valence-corrected chi connectivity index (χ2v) is 6.33. The number of carbonyl (C=O) groups is 1. The molecule has 0 spiro atoms. The lowest BCUT2D eigenvalue weighted by molar-refractivity contribution is -0.384. The molecule has 0 atom stereocenters. The highest BCUT2D eigenvalue weighted by Crippen LogP contribution is 2.27. The highest BCUT2D eigenvalue weighted by molar-refractivity contribution is 6.01. The van der Waals surface area contributed by atoms with Gasteiger partial charge in [0.25, 0.3) is 11.6 Å². The second-order valence-electron chi connectivity index (χ2n) is 6.33. The molecule has 0 bridgehead atoms. The van der Waals surface area contributed by atoms with E-state index in [9.17, 15) is 14.9 Å². The minimum Gasteiger partial charge on any atom is -0.382 e.